The molecule has 0 unspecified atom stereocenters. The predicted molar refractivity (Wildman–Crippen MR) is 168 cm³/mol. The molecule has 0 aliphatic rings. The van der Waals surface area contributed by atoms with Crippen LogP contribution >= 0.6 is 23.6 Å². The number of aromatic nitrogens is 4. The van der Waals surface area contributed by atoms with E-state index < -0.39 is 6.36 Å². The van der Waals surface area contributed by atoms with Gasteiger partial charge in [-0.05, 0) is 66.5 Å². The third-order valence-corrected chi connectivity index (χ3v) is 7.84. The topological polar surface area (TPSA) is 78.5 Å². The molecule has 0 bridgehead atoms. The van der Waals surface area contributed by atoms with E-state index >= 15 is 0 Å². The van der Waals surface area contributed by atoms with Gasteiger partial charge >= 0.3 is 6.36 Å². The van der Waals surface area contributed by atoms with Crippen LogP contribution in [0.1, 0.15) is 36.6 Å². The van der Waals surface area contributed by atoms with Crippen molar-refractivity contribution in [3.63, 3.8) is 0 Å². The fourth-order valence-corrected chi connectivity index (χ4v) is 5.58. The molecule has 0 aliphatic carbocycles. The zero-order chi connectivity index (χ0) is 31.4. The molecular formula is C31H29F3N6O2S2. The number of halogens is 3. The van der Waals surface area contributed by atoms with E-state index in [2.05, 4.69) is 50.0 Å². The number of rotatable bonds is 8. The molecule has 1 N–H and O–H groups in total. The first-order chi connectivity index (χ1) is 21.0. The lowest BCUT2D eigenvalue weighted by atomic mass is 10.0. The third-order valence-electron chi connectivity index (χ3n) is 6.66. The van der Waals surface area contributed by atoms with Gasteiger partial charge in [-0.25, -0.2) is 9.67 Å². The van der Waals surface area contributed by atoms with Crippen molar-refractivity contribution >= 4 is 28.7 Å². The normalized spacial score (nSPS) is 12.0. The Morgan fingerprint density at radius 2 is 1.75 bits per heavy atom. The minimum Gasteiger partial charge on any atom is -0.497 e. The largest absolute Gasteiger partial charge is 0.573 e. The van der Waals surface area contributed by atoms with E-state index in [0.29, 0.717) is 29.1 Å². The summed E-state index contributed by atoms with van der Waals surface area (Å²) in [4.78, 5) is 9.82. The average Bonchev–Trinajstić information content (AvgIpc) is 3.62. The van der Waals surface area contributed by atoms with Gasteiger partial charge in [0.1, 0.15) is 17.8 Å². The lowest BCUT2D eigenvalue weighted by Crippen LogP contribution is -2.24. The molecule has 0 radical (unpaired) electrons. The molecule has 5 aromatic rings. The molecule has 0 amide bonds. The van der Waals surface area contributed by atoms with Crippen molar-refractivity contribution in [1.29, 1.82) is 0 Å². The van der Waals surface area contributed by atoms with Crippen LogP contribution in [0.4, 0.5) is 13.2 Å². The van der Waals surface area contributed by atoms with Crippen LogP contribution in [0.15, 0.2) is 83.4 Å². The average molecular weight is 639 g/mol. The van der Waals surface area contributed by atoms with Gasteiger partial charge < -0.3 is 14.8 Å². The highest BCUT2D eigenvalue weighted by molar-refractivity contribution is 7.80. The molecule has 8 nitrogen and oxygen atoms in total. The van der Waals surface area contributed by atoms with E-state index in [1.807, 2.05) is 43.3 Å². The van der Waals surface area contributed by atoms with Gasteiger partial charge in [-0.3, -0.25) is 4.57 Å². The van der Waals surface area contributed by atoms with Gasteiger partial charge in [0.2, 0.25) is 0 Å². The zero-order valence-electron chi connectivity index (χ0n) is 24.3. The summed E-state index contributed by atoms with van der Waals surface area (Å²) in [5.41, 5.74) is 5.55. The van der Waals surface area contributed by atoms with Crippen LogP contribution in [0.3, 0.4) is 0 Å². The monoisotopic (exact) mass is 638 g/mol. The van der Waals surface area contributed by atoms with Gasteiger partial charge in [0.15, 0.2) is 15.7 Å². The minimum atomic E-state index is -4.75. The highest BCUT2D eigenvalue weighted by Crippen LogP contribution is 2.28. The molecule has 0 aliphatic heterocycles. The SMILES string of the molecule is COc1ccc(C(C)C)c(-n2c(C)csc2=NC(=S)NCc2ccc(-c3ncn(-c4ccc(OC(F)(F)F)cc4)n3)cc2)c1. The Kier molecular flexibility index (Phi) is 9.16. The first-order valence-electron chi connectivity index (χ1n) is 13.6. The standard InChI is InChI=1S/C31H29F3N6O2S2/c1-19(2)26-14-13-25(41-4)15-27(26)40-20(3)17-44-30(40)37-29(43)35-16-21-5-7-22(8-6-21)28-36-18-39(38-28)23-9-11-24(12-10-23)42-31(32,33)34/h5-15,17-19H,16H2,1-4H3,(H,35,43). The number of ether oxygens (including phenoxy) is 2. The second kappa shape index (κ2) is 13.0. The van der Waals surface area contributed by atoms with E-state index in [4.69, 9.17) is 21.9 Å². The quantitative estimate of drug-likeness (QED) is 0.183. The van der Waals surface area contributed by atoms with Gasteiger partial charge in [0, 0.05) is 29.2 Å². The van der Waals surface area contributed by atoms with Crippen molar-refractivity contribution in [1.82, 2.24) is 24.6 Å². The molecule has 0 spiro atoms. The highest BCUT2D eigenvalue weighted by Gasteiger charge is 2.31. The van der Waals surface area contributed by atoms with E-state index in [9.17, 15) is 13.2 Å². The van der Waals surface area contributed by atoms with Gasteiger partial charge in [-0.1, -0.05) is 44.2 Å². The Bertz CT molecular complexity index is 1820. The number of methoxy groups -OCH3 is 1. The minimum absolute atomic E-state index is 0.306. The van der Waals surface area contributed by atoms with Crippen molar-refractivity contribution in [3.05, 3.63) is 100 Å². The number of nitrogens with one attached hydrogen (secondary N) is 1. The maximum absolute atomic E-state index is 12.4. The van der Waals surface area contributed by atoms with Crippen molar-refractivity contribution in [2.45, 2.75) is 39.6 Å². The third kappa shape index (κ3) is 7.34. The fourth-order valence-electron chi connectivity index (χ4n) is 4.49. The first-order valence-corrected chi connectivity index (χ1v) is 14.8. The number of alkyl halides is 3. The van der Waals surface area contributed by atoms with Gasteiger partial charge in [0.05, 0.1) is 18.5 Å². The Labute approximate surface area is 261 Å². The summed E-state index contributed by atoms with van der Waals surface area (Å²) < 4.78 is 50.3. The van der Waals surface area contributed by atoms with Crippen LogP contribution in [0.2, 0.25) is 0 Å². The Morgan fingerprint density at radius 3 is 2.41 bits per heavy atom. The molecule has 44 heavy (non-hydrogen) atoms. The second-order valence-corrected chi connectivity index (χ2v) is 11.3. The summed E-state index contributed by atoms with van der Waals surface area (Å²) in [5, 5.41) is 10.1. The van der Waals surface area contributed by atoms with Gasteiger partial charge in [-0.15, -0.1) is 29.6 Å². The van der Waals surface area contributed by atoms with E-state index in [-0.39, 0.29) is 5.75 Å². The van der Waals surface area contributed by atoms with Gasteiger partial charge in [0.25, 0.3) is 0 Å². The summed E-state index contributed by atoms with van der Waals surface area (Å²) in [6.07, 6.45) is -3.25. The zero-order valence-corrected chi connectivity index (χ0v) is 25.9. The molecule has 13 heteroatoms. The summed E-state index contributed by atoms with van der Waals surface area (Å²) in [6.45, 7) is 6.82. The van der Waals surface area contributed by atoms with E-state index in [0.717, 1.165) is 33.1 Å². The maximum Gasteiger partial charge on any atom is 0.573 e. The summed E-state index contributed by atoms with van der Waals surface area (Å²) >= 11 is 7.10. The summed E-state index contributed by atoms with van der Waals surface area (Å²) in [6, 6.07) is 19.1. The number of hydrogen-bond acceptors (Lipinski definition) is 6. The number of thiazole rings is 1. The molecular weight excluding hydrogens is 610 g/mol. The highest BCUT2D eigenvalue weighted by atomic mass is 32.1. The molecule has 0 saturated heterocycles. The number of nitrogens with zero attached hydrogens (tertiary/aromatic N) is 5. The van der Waals surface area contributed by atoms with Crippen molar-refractivity contribution < 1.29 is 22.6 Å². The molecule has 0 atom stereocenters. The van der Waals surface area contributed by atoms with Crippen LogP contribution < -0.4 is 19.6 Å². The smallest absolute Gasteiger partial charge is 0.497 e. The lowest BCUT2D eigenvalue weighted by molar-refractivity contribution is -0.274. The number of hydrogen-bond donors (Lipinski definition) is 1. The fraction of sp³-hybridized carbons (Fsp3) is 0.226. The predicted octanol–water partition coefficient (Wildman–Crippen LogP) is 7.10. The Morgan fingerprint density at radius 1 is 1.05 bits per heavy atom. The lowest BCUT2D eigenvalue weighted by Gasteiger charge is -2.16. The number of aryl methyl sites for hydroxylation is 1. The molecule has 3 aromatic carbocycles. The molecule has 2 heterocycles. The van der Waals surface area contributed by atoms with Gasteiger partial charge in [-0.2, -0.15) is 4.99 Å². The number of benzene rings is 3. The van der Waals surface area contributed by atoms with Crippen LogP contribution in [0.5, 0.6) is 11.5 Å². The molecule has 0 fully saturated rings. The van der Waals surface area contributed by atoms with Crippen LogP contribution in [0.25, 0.3) is 22.8 Å². The number of thiocarbonyl (C=S) groups is 1. The summed E-state index contributed by atoms with van der Waals surface area (Å²) in [7, 11) is 1.65. The first kappa shape index (κ1) is 31.0. The van der Waals surface area contributed by atoms with Crippen molar-refractivity contribution in [2.24, 2.45) is 4.99 Å². The second-order valence-electron chi connectivity index (χ2n) is 10.1. The summed E-state index contributed by atoms with van der Waals surface area (Å²) in [5.74, 6) is 1.25. The van der Waals surface area contributed by atoms with Crippen molar-refractivity contribution in [3.8, 4) is 34.3 Å². The molecule has 0 saturated carbocycles. The molecule has 228 valence electrons. The molecule has 2 aromatic heterocycles. The van der Waals surface area contributed by atoms with Crippen molar-refractivity contribution in [2.75, 3.05) is 7.11 Å². The Hall–Kier alpha value is -4.49. The maximum atomic E-state index is 12.4. The Balaban J connectivity index is 1.26. The van der Waals surface area contributed by atoms with Crippen LogP contribution in [-0.2, 0) is 6.54 Å². The van der Waals surface area contributed by atoms with Crippen LogP contribution in [-0.4, -0.2) is 37.9 Å². The molecule has 5 rings (SSSR count). The van der Waals surface area contributed by atoms with E-state index in [1.54, 1.807) is 7.11 Å². The van der Waals surface area contributed by atoms with E-state index in [1.165, 1.54) is 52.2 Å². The van der Waals surface area contributed by atoms with Crippen LogP contribution in [0, 0.1) is 6.92 Å².